The Morgan fingerprint density at radius 1 is 1.00 bits per heavy atom. The van der Waals surface area contributed by atoms with Crippen LogP contribution in [-0.4, -0.2) is 18.3 Å². The molecule has 2 heteroatoms. The molecule has 0 saturated carbocycles. The van der Waals surface area contributed by atoms with Crippen LogP contribution in [0.3, 0.4) is 0 Å². The molecule has 0 aliphatic heterocycles. The van der Waals surface area contributed by atoms with Gasteiger partial charge in [-0.05, 0) is 40.8 Å². The van der Waals surface area contributed by atoms with Crippen LogP contribution in [-0.2, 0) is 0 Å². The molecule has 0 unspecified atom stereocenters. The Hall–Kier alpha value is -1.80. The maximum Gasteiger partial charge on any atom is 0.119 e. The molecule has 0 spiro atoms. The van der Waals surface area contributed by atoms with Crippen molar-refractivity contribution < 1.29 is 9.84 Å². The van der Waals surface area contributed by atoms with Crippen molar-refractivity contribution in [2.24, 2.45) is 0 Å². The number of benzene rings is 2. The molecule has 5 rings (SSSR count). The van der Waals surface area contributed by atoms with Crippen molar-refractivity contribution in [3.05, 3.63) is 64.7 Å². The zero-order valence-corrected chi connectivity index (χ0v) is 10.8. The second-order valence-corrected chi connectivity index (χ2v) is 5.46. The van der Waals surface area contributed by atoms with Gasteiger partial charge in [-0.25, -0.2) is 0 Å². The van der Waals surface area contributed by atoms with E-state index in [0.29, 0.717) is 5.92 Å². The first-order valence-electron chi connectivity index (χ1n) is 6.74. The molecule has 0 amide bonds. The minimum atomic E-state index is -0.263. The highest BCUT2D eigenvalue weighted by Crippen LogP contribution is 2.53. The molecule has 2 aromatic rings. The van der Waals surface area contributed by atoms with Gasteiger partial charge < -0.3 is 9.84 Å². The lowest BCUT2D eigenvalue weighted by Gasteiger charge is -2.43. The predicted molar refractivity (Wildman–Crippen MR) is 73.7 cm³/mol. The van der Waals surface area contributed by atoms with Crippen LogP contribution in [0.5, 0.6) is 5.75 Å². The number of rotatable bonds is 1. The highest BCUT2D eigenvalue weighted by Gasteiger charge is 2.42. The van der Waals surface area contributed by atoms with Gasteiger partial charge in [0.05, 0.1) is 13.2 Å². The lowest BCUT2D eigenvalue weighted by Crippen LogP contribution is -2.35. The van der Waals surface area contributed by atoms with Gasteiger partial charge in [0.2, 0.25) is 0 Å². The molecule has 19 heavy (non-hydrogen) atoms. The van der Waals surface area contributed by atoms with Crippen molar-refractivity contribution in [3.8, 4) is 5.75 Å². The number of ether oxygens (including phenoxy) is 1. The monoisotopic (exact) mass is 252 g/mol. The van der Waals surface area contributed by atoms with Crippen LogP contribution in [0.15, 0.2) is 42.5 Å². The summed E-state index contributed by atoms with van der Waals surface area (Å²) in [6, 6.07) is 14.7. The molecule has 2 nitrogen and oxygen atoms in total. The standard InChI is InChI=1S/C17H16O2/c1-19-10-6-7-13-14(8-10)15-9-16(18)17(13)12-5-3-2-4-11(12)15/h2-8,15-18H,9H2,1H3/t15-,16-,17+/m0/s1. The minimum Gasteiger partial charge on any atom is -0.497 e. The van der Waals surface area contributed by atoms with Gasteiger partial charge in [0.1, 0.15) is 5.75 Å². The van der Waals surface area contributed by atoms with Gasteiger partial charge in [-0.1, -0.05) is 30.3 Å². The molecule has 0 saturated heterocycles. The van der Waals surface area contributed by atoms with E-state index in [-0.39, 0.29) is 12.0 Å². The summed E-state index contributed by atoms with van der Waals surface area (Å²) < 4.78 is 5.34. The van der Waals surface area contributed by atoms with Gasteiger partial charge in [0.15, 0.2) is 0 Å². The van der Waals surface area contributed by atoms with Gasteiger partial charge in [0.25, 0.3) is 0 Å². The highest BCUT2D eigenvalue weighted by atomic mass is 16.5. The first kappa shape index (κ1) is 11.1. The maximum atomic E-state index is 10.4. The molecule has 0 heterocycles. The topological polar surface area (TPSA) is 29.5 Å². The molecule has 3 atom stereocenters. The lowest BCUT2D eigenvalue weighted by molar-refractivity contribution is 0.124. The number of aliphatic hydroxyl groups is 1. The van der Waals surface area contributed by atoms with E-state index in [1.807, 2.05) is 6.07 Å². The number of methoxy groups -OCH3 is 1. The molecule has 3 aliphatic rings. The molecule has 3 aliphatic carbocycles. The minimum absolute atomic E-state index is 0.127. The summed E-state index contributed by atoms with van der Waals surface area (Å²) in [7, 11) is 1.70. The number of fused-ring (bicyclic) bond motifs is 1. The predicted octanol–water partition coefficient (Wildman–Crippen LogP) is 3.04. The van der Waals surface area contributed by atoms with Crippen LogP contribution >= 0.6 is 0 Å². The van der Waals surface area contributed by atoms with Crippen LogP contribution < -0.4 is 4.74 Å². The molecule has 0 aromatic heterocycles. The fourth-order valence-corrected chi connectivity index (χ4v) is 3.76. The Kier molecular flexibility index (Phi) is 2.24. The van der Waals surface area contributed by atoms with E-state index >= 15 is 0 Å². The Bertz CT molecular complexity index is 647. The summed E-state index contributed by atoms with van der Waals surface area (Å²) in [5.74, 6) is 1.33. The zero-order chi connectivity index (χ0) is 13.0. The number of hydrogen-bond donors (Lipinski definition) is 1. The number of hydrogen-bond acceptors (Lipinski definition) is 2. The van der Waals surface area contributed by atoms with Crippen molar-refractivity contribution in [2.75, 3.05) is 7.11 Å². The van der Waals surface area contributed by atoms with Crippen LogP contribution in [0.4, 0.5) is 0 Å². The normalized spacial score (nSPS) is 26.7. The van der Waals surface area contributed by atoms with Crippen LogP contribution in [0.25, 0.3) is 0 Å². The fraction of sp³-hybridized carbons (Fsp3) is 0.294. The Morgan fingerprint density at radius 3 is 2.53 bits per heavy atom. The van der Waals surface area contributed by atoms with Crippen molar-refractivity contribution >= 4 is 0 Å². The van der Waals surface area contributed by atoms with Crippen LogP contribution in [0.1, 0.15) is 40.5 Å². The van der Waals surface area contributed by atoms with Crippen LogP contribution in [0.2, 0.25) is 0 Å². The molecular weight excluding hydrogens is 236 g/mol. The smallest absolute Gasteiger partial charge is 0.119 e. The van der Waals surface area contributed by atoms with E-state index in [9.17, 15) is 5.11 Å². The molecule has 0 radical (unpaired) electrons. The second kappa shape index (κ2) is 3.84. The highest BCUT2D eigenvalue weighted by molar-refractivity contribution is 5.57. The van der Waals surface area contributed by atoms with Crippen molar-refractivity contribution in [2.45, 2.75) is 24.4 Å². The van der Waals surface area contributed by atoms with Crippen LogP contribution in [0, 0.1) is 0 Å². The lowest BCUT2D eigenvalue weighted by atomic mass is 9.62. The Morgan fingerprint density at radius 2 is 1.74 bits per heavy atom. The zero-order valence-electron chi connectivity index (χ0n) is 10.8. The molecule has 1 N–H and O–H groups in total. The summed E-state index contributed by atoms with van der Waals surface area (Å²) in [6.45, 7) is 0. The third-order valence-corrected chi connectivity index (χ3v) is 4.57. The third kappa shape index (κ3) is 1.41. The van der Waals surface area contributed by atoms with Gasteiger partial charge in [0, 0.05) is 11.8 Å². The molecular formula is C17H16O2. The summed E-state index contributed by atoms with van der Waals surface area (Å²) in [6.07, 6.45) is 0.558. The Labute approximate surface area is 112 Å². The SMILES string of the molecule is COc1ccc2c(c1)[C@H]1C[C@H](O)[C@@H]2c2ccccc21. The fourth-order valence-electron chi connectivity index (χ4n) is 3.76. The molecule has 96 valence electrons. The maximum absolute atomic E-state index is 10.4. The van der Waals surface area contributed by atoms with E-state index < -0.39 is 0 Å². The summed E-state index contributed by atoms with van der Waals surface area (Å²) in [5, 5.41) is 10.4. The molecule has 2 bridgehead atoms. The van der Waals surface area contributed by atoms with Crippen molar-refractivity contribution in [1.82, 2.24) is 0 Å². The summed E-state index contributed by atoms with van der Waals surface area (Å²) >= 11 is 0. The van der Waals surface area contributed by atoms with Gasteiger partial charge in [-0.15, -0.1) is 0 Å². The van der Waals surface area contributed by atoms with E-state index in [4.69, 9.17) is 4.74 Å². The first-order valence-corrected chi connectivity index (χ1v) is 6.74. The van der Waals surface area contributed by atoms with Crippen molar-refractivity contribution in [1.29, 1.82) is 0 Å². The Balaban J connectivity index is 1.97. The van der Waals surface area contributed by atoms with Gasteiger partial charge >= 0.3 is 0 Å². The third-order valence-electron chi connectivity index (χ3n) is 4.57. The van der Waals surface area contributed by atoms with E-state index in [1.54, 1.807) is 7.11 Å². The average Bonchev–Trinajstić information content (AvgIpc) is 2.47. The van der Waals surface area contributed by atoms with E-state index in [0.717, 1.165) is 12.2 Å². The van der Waals surface area contributed by atoms with Crippen molar-refractivity contribution in [3.63, 3.8) is 0 Å². The van der Waals surface area contributed by atoms with E-state index in [2.05, 4.69) is 36.4 Å². The number of aliphatic hydroxyl groups excluding tert-OH is 1. The second-order valence-electron chi connectivity index (χ2n) is 5.46. The quantitative estimate of drug-likeness (QED) is 0.845. The average molecular weight is 252 g/mol. The first-order chi connectivity index (χ1) is 9.29. The molecule has 2 aromatic carbocycles. The van der Waals surface area contributed by atoms with Gasteiger partial charge in [-0.2, -0.15) is 0 Å². The summed E-state index contributed by atoms with van der Waals surface area (Å²) in [5.41, 5.74) is 5.26. The summed E-state index contributed by atoms with van der Waals surface area (Å²) in [4.78, 5) is 0. The van der Waals surface area contributed by atoms with Gasteiger partial charge in [-0.3, -0.25) is 0 Å². The van der Waals surface area contributed by atoms with E-state index in [1.165, 1.54) is 22.3 Å². The molecule has 0 fully saturated rings. The largest absolute Gasteiger partial charge is 0.497 e.